The molecule has 19 heavy (non-hydrogen) atoms. The van der Waals surface area contributed by atoms with Gasteiger partial charge in [0.15, 0.2) is 17.9 Å². The molecule has 2 aromatic carbocycles. The molecule has 0 aliphatic rings. The highest BCUT2D eigenvalue weighted by molar-refractivity contribution is 6.45. The van der Waals surface area contributed by atoms with E-state index < -0.39 is 5.82 Å². The number of hydrogen-bond acceptors (Lipinski definition) is 2. The average Bonchev–Trinajstić information content (AvgIpc) is 2.41. The molecular formula is C14H9Cl2FO2. The Balaban J connectivity index is 2.56. The first-order valence-electron chi connectivity index (χ1n) is 5.35. The molecule has 0 aliphatic carbocycles. The lowest BCUT2D eigenvalue weighted by molar-refractivity contribution is 0.112. The zero-order valence-corrected chi connectivity index (χ0v) is 11.4. The lowest BCUT2D eigenvalue weighted by atomic mass is 10.0. The van der Waals surface area contributed by atoms with Crippen LogP contribution in [-0.2, 0) is 0 Å². The van der Waals surface area contributed by atoms with Crippen LogP contribution in [0.5, 0.6) is 5.75 Å². The van der Waals surface area contributed by atoms with Crippen molar-refractivity contribution in [3.05, 3.63) is 51.8 Å². The van der Waals surface area contributed by atoms with Crippen molar-refractivity contribution in [3.63, 3.8) is 0 Å². The molecule has 0 heterocycles. The molecule has 2 rings (SSSR count). The van der Waals surface area contributed by atoms with Gasteiger partial charge in [0.2, 0.25) is 0 Å². The maximum absolute atomic E-state index is 13.7. The molecule has 0 amide bonds. The Labute approximate surface area is 119 Å². The Kier molecular flexibility index (Phi) is 4.08. The predicted molar refractivity (Wildman–Crippen MR) is 73.8 cm³/mol. The molecule has 2 aromatic rings. The lowest BCUT2D eigenvalue weighted by Crippen LogP contribution is -1.90. The molecule has 0 saturated heterocycles. The van der Waals surface area contributed by atoms with Crippen LogP contribution in [0.4, 0.5) is 4.39 Å². The maximum atomic E-state index is 13.7. The zero-order valence-electron chi connectivity index (χ0n) is 9.91. The van der Waals surface area contributed by atoms with E-state index in [1.165, 1.54) is 19.2 Å². The van der Waals surface area contributed by atoms with E-state index in [2.05, 4.69) is 0 Å². The van der Waals surface area contributed by atoms with Crippen LogP contribution in [0.2, 0.25) is 10.0 Å². The van der Waals surface area contributed by atoms with E-state index in [0.29, 0.717) is 23.0 Å². The SMILES string of the molecule is COc1ccc(-c2ccc(C=O)c(Cl)c2Cl)cc1F. The van der Waals surface area contributed by atoms with Gasteiger partial charge in [-0.3, -0.25) is 4.79 Å². The molecule has 98 valence electrons. The molecule has 0 atom stereocenters. The molecule has 2 nitrogen and oxygen atoms in total. The molecule has 0 spiro atoms. The maximum Gasteiger partial charge on any atom is 0.165 e. The Morgan fingerprint density at radius 1 is 1.16 bits per heavy atom. The van der Waals surface area contributed by atoms with Gasteiger partial charge in [0.1, 0.15) is 0 Å². The van der Waals surface area contributed by atoms with E-state index in [1.54, 1.807) is 18.2 Å². The van der Waals surface area contributed by atoms with E-state index >= 15 is 0 Å². The van der Waals surface area contributed by atoms with Crippen LogP contribution in [0.25, 0.3) is 11.1 Å². The number of carbonyl (C=O) groups excluding carboxylic acids is 1. The van der Waals surface area contributed by atoms with Crippen LogP contribution in [0.3, 0.4) is 0 Å². The number of hydrogen-bond donors (Lipinski definition) is 0. The standard InChI is InChI=1S/C14H9Cl2FO2/c1-19-12-5-3-8(6-11(12)17)10-4-2-9(7-18)13(15)14(10)16/h2-7H,1H3. The summed E-state index contributed by atoms with van der Waals surface area (Å²) in [5, 5.41) is 0.376. The topological polar surface area (TPSA) is 26.3 Å². The molecule has 0 N–H and O–H groups in total. The van der Waals surface area contributed by atoms with Gasteiger partial charge >= 0.3 is 0 Å². The molecule has 0 aromatic heterocycles. The summed E-state index contributed by atoms with van der Waals surface area (Å²) in [6, 6.07) is 7.64. The number of methoxy groups -OCH3 is 1. The van der Waals surface area contributed by atoms with Gasteiger partial charge in [-0.1, -0.05) is 35.3 Å². The monoisotopic (exact) mass is 298 g/mol. The van der Waals surface area contributed by atoms with E-state index in [4.69, 9.17) is 27.9 Å². The first kappa shape index (κ1) is 13.8. The van der Waals surface area contributed by atoms with Gasteiger partial charge in [-0.25, -0.2) is 4.39 Å². The number of ether oxygens (including phenoxy) is 1. The van der Waals surface area contributed by atoms with Crippen molar-refractivity contribution in [1.29, 1.82) is 0 Å². The fraction of sp³-hybridized carbons (Fsp3) is 0.0714. The Morgan fingerprint density at radius 3 is 2.47 bits per heavy atom. The van der Waals surface area contributed by atoms with Gasteiger partial charge in [0, 0.05) is 11.1 Å². The average molecular weight is 299 g/mol. The van der Waals surface area contributed by atoms with Gasteiger partial charge in [-0.2, -0.15) is 0 Å². The van der Waals surface area contributed by atoms with E-state index in [9.17, 15) is 9.18 Å². The fourth-order valence-electron chi connectivity index (χ4n) is 1.71. The van der Waals surface area contributed by atoms with Crippen molar-refractivity contribution in [1.82, 2.24) is 0 Å². The summed E-state index contributed by atoms with van der Waals surface area (Å²) in [4.78, 5) is 10.7. The second-order valence-electron chi connectivity index (χ2n) is 3.80. The molecular weight excluding hydrogens is 290 g/mol. The van der Waals surface area contributed by atoms with Gasteiger partial charge in [-0.15, -0.1) is 0 Å². The number of benzene rings is 2. The summed E-state index contributed by atoms with van der Waals surface area (Å²) in [7, 11) is 1.39. The predicted octanol–water partition coefficient (Wildman–Crippen LogP) is 4.62. The molecule has 0 bridgehead atoms. The number of carbonyl (C=O) groups is 1. The number of rotatable bonds is 3. The Morgan fingerprint density at radius 2 is 1.89 bits per heavy atom. The molecule has 5 heteroatoms. The summed E-state index contributed by atoms with van der Waals surface area (Å²) in [5.74, 6) is -0.345. The van der Waals surface area contributed by atoms with Crippen LogP contribution in [0.1, 0.15) is 10.4 Å². The van der Waals surface area contributed by atoms with Crippen molar-refractivity contribution in [2.75, 3.05) is 7.11 Å². The molecule has 0 aliphatic heterocycles. The van der Waals surface area contributed by atoms with Gasteiger partial charge in [0.05, 0.1) is 17.2 Å². The number of halogens is 3. The normalized spacial score (nSPS) is 10.3. The summed E-state index contributed by atoms with van der Waals surface area (Å²) in [6.07, 6.45) is 0.618. The first-order valence-corrected chi connectivity index (χ1v) is 6.11. The third-order valence-corrected chi connectivity index (χ3v) is 3.60. The van der Waals surface area contributed by atoms with Crippen molar-refractivity contribution in [2.24, 2.45) is 0 Å². The molecule has 0 radical (unpaired) electrons. The highest BCUT2D eigenvalue weighted by Gasteiger charge is 2.13. The van der Waals surface area contributed by atoms with Crippen molar-refractivity contribution in [3.8, 4) is 16.9 Å². The smallest absolute Gasteiger partial charge is 0.165 e. The summed E-state index contributed by atoms with van der Waals surface area (Å²) < 4.78 is 18.5. The molecule has 0 saturated carbocycles. The van der Waals surface area contributed by atoms with Crippen molar-refractivity contribution < 1.29 is 13.9 Å². The van der Waals surface area contributed by atoms with Gasteiger partial charge in [0.25, 0.3) is 0 Å². The van der Waals surface area contributed by atoms with Gasteiger partial charge in [-0.05, 0) is 23.8 Å². The quantitative estimate of drug-likeness (QED) is 0.773. The minimum absolute atomic E-state index is 0.149. The highest BCUT2D eigenvalue weighted by Crippen LogP contribution is 2.36. The van der Waals surface area contributed by atoms with Crippen LogP contribution in [0, 0.1) is 5.82 Å². The fourth-order valence-corrected chi connectivity index (χ4v) is 2.20. The molecule has 0 fully saturated rings. The Bertz CT molecular complexity index is 642. The van der Waals surface area contributed by atoms with Crippen LogP contribution >= 0.6 is 23.2 Å². The van der Waals surface area contributed by atoms with E-state index in [0.717, 1.165) is 0 Å². The summed E-state index contributed by atoms with van der Waals surface area (Å²) >= 11 is 12.1. The first-order chi connectivity index (χ1) is 9.08. The number of aldehydes is 1. The largest absolute Gasteiger partial charge is 0.494 e. The third-order valence-electron chi connectivity index (χ3n) is 2.70. The second-order valence-corrected chi connectivity index (χ2v) is 4.55. The second kappa shape index (κ2) is 5.59. The highest BCUT2D eigenvalue weighted by atomic mass is 35.5. The van der Waals surface area contributed by atoms with Crippen LogP contribution in [0.15, 0.2) is 30.3 Å². The Hall–Kier alpha value is -1.58. The van der Waals surface area contributed by atoms with Gasteiger partial charge < -0.3 is 4.74 Å². The van der Waals surface area contributed by atoms with E-state index in [-0.39, 0.29) is 15.8 Å². The summed E-state index contributed by atoms with van der Waals surface area (Å²) in [6.45, 7) is 0. The zero-order chi connectivity index (χ0) is 14.0. The molecule has 0 unspecified atom stereocenters. The minimum atomic E-state index is -0.494. The lowest BCUT2D eigenvalue weighted by Gasteiger charge is -2.09. The van der Waals surface area contributed by atoms with Crippen LogP contribution in [-0.4, -0.2) is 13.4 Å². The van der Waals surface area contributed by atoms with Crippen LogP contribution < -0.4 is 4.74 Å². The van der Waals surface area contributed by atoms with Crippen molar-refractivity contribution >= 4 is 29.5 Å². The van der Waals surface area contributed by atoms with E-state index in [1.807, 2.05) is 0 Å². The third kappa shape index (κ3) is 2.57. The minimum Gasteiger partial charge on any atom is -0.494 e. The summed E-state index contributed by atoms with van der Waals surface area (Å²) in [5.41, 5.74) is 1.41. The van der Waals surface area contributed by atoms with Crippen molar-refractivity contribution in [2.45, 2.75) is 0 Å².